The predicted octanol–water partition coefficient (Wildman–Crippen LogP) is 2.82. The molecule has 1 aromatic heterocycles. The van der Waals surface area contributed by atoms with Crippen LogP contribution in [0.3, 0.4) is 0 Å². The Morgan fingerprint density at radius 3 is 2.74 bits per heavy atom. The highest BCUT2D eigenvalue weighted by Gasteiger charge is 2.43. The monoisotopic (exact) mass is 317 g/mol. The zero-order chi connectivity index (χ0) is 16.4. The number of pyridine rings is 1. The number of nitrogens with zero attached hydrogens (tertiary/aromatic N) is 2. The first-order chi connectivity index (χ1) is 10.9. The Kier molecular flexibility index (Phi) is 4.57. The molecule has 0 unspecified atom stereocenters. The number of amides is 1. The second-order valence-corrected chi connectivity index (χ2v) is 7.80. The van der Waals surface area contributed by atoms with Crippen LogP contribution in [-0.2, 0) is 11.3 Å². The maximum Gasteiger partial charge on any atom is 0.407 e. The zero-order valence-corrected chi connectivity index (χ0v) is 14.3. The molecule has 5 nitrogen and oxygen atoms in total. The third-order valence-electron chi connectivity index (χ3n) is 4.79. The highest BCUT2D eigenvalue weighted by atomic mass is 16.6. The Labute approximate surface area is 138 Å². The van der Waals surface area contributed by atoms with E-state index in [4.69, 9.17) is 4.74 Å². The first kappa shape index (κ1) is 16.2. The summed E-state index contributed by atoms with van der Waals surface area (Å²) in [5.41, 5.74) is 0.863. The lowest BCUT2D eigenvalue weighted by atomic mass is 9.98. The van der Waals surface area contributed by atoms with Crippen molar-refractivity contribution in [3.8, 4) is 0 Å². The summed E-state index contributed by atoms with van der Waals surface area (Å²) in [7, 11) is 0. The number of likely N-dealkylation sites (tertiary alicyclic amines) is 1. The molecule has 1 aliphatic carbocycles. The number of rotatable bonds is 3. The number of carbonyl (C=O) groups is 1. The first-order valence-corrected chi connectivity index (χ1v) is 8.51. The number of aromatic nitrogens is 1. The van der Waals surface area contributed by atoms with E-state index in [9.17, 15) is 4.79 Å². The van der Waals surface area contributed by atoms with Gasteiger partial charge in [-0.25, -0.2) is 4.79 Å². The van der Waals surface area contributed by atoms with Crippen LogP contribution in [0.1, 0.15) is 39.2 Å². The largest absolute Gasteiger partial charge is 0.444 e. The van der Waals surface area contributed by atoms with Gasteiger partial charge in [-0.15, -0.1) is 0 Å². The minimum atomic E-state index is -0.439. The van der Waals surface area contributed by atoms with E-state index in [0.29, 0.717) is 11.8 Å². The minimum absolute atomic E-state index is 0.247. The van der Waals surface area contributed by atoms with Gasteiger partial charge >= 0.3 is 6.09 Å². The number of hydrogen-bond acceptors (Lipinski definition) is 4. The molecule has 1 N–H and O–H groups in total. The fourth-order valence-corrected chi connectivity index (χ4v) is 3.87. The van der Waals surface area contributed by atoms with Crippen LogP contribution in [0.5, 0.6) is 0 Å². The molecule has 1 saturated carbocycles. The Morgan fingerprint density at radius 2 is 2.04 bits per heavy atom. The summed E-state index contributed by atoms with van der Waals surface area (Å²) >= 11 is 0. The highest BCUT2D eigenvalue weighted by Crippen LogP contribution is 2.38. The SMILES string of the molecule is CC(C)(C)OC(=O)N[C@@H]1CC[C@H]2CN(Cc3ccncc3)C[C@@H]21. The van der Waals surface area contributed by atoms with Gasteiger partial charge in [0.15, 0.2) is 0 Å². The second-order valence-electron chi connectivity index (χ2n) is 7.80. The van der Waals surface area contributed by atoms with E-state index in [1.807, 2.05) is 33.2 Å². The Morgan fingerprint density at radius 1 is 1.30 bits per heavy atom. The van der Waals surface area contributed by atoms with Crippen LogP contribution in [0.15, 0.2) is 24.5 Å². The van der Waals surface area contributed by atoms with Crippen LogP contribution in [0.2, 0.25) is 0 Å². The highest BCUT2D eigenvalue weighted by molar-refractivity contribution is 5.68. The summed E-state index contributed by atoms with van der Waals surface area (Å²) in [5.74, 6) is 1.24. The Balaban J connectivity index is 1.53. The van der Waals surface area contributed by atoms with Gasteiger partial charge in [0.1, 0.15) is 5.60 Å². The van der Waals surface area contributed by atoms with Crippen LogP contribution >= 0.6 is 0 Å². The lowest BCUT2D eigenvalue weighted by molar-refractivity contribution is 0.0491. The molecule has 5 heteroatoms. The lowest BCUT2D eigenvalue weighted by Crippen LogP contribution is -2.42. The van der Waals surface area contributed by atoms with Crippen molar-refractivity contribution < 1.29 is 9.53 Å². The number of fused-ring (bicyclic) bond motifs is 1. The van der Waals surface area contributed by atoms with Crippen molar-refractivity contribution in [2.45, 2.75) is 51.8 Å². The molecule has 2 fully saturated rings. The smallest absolute Gasteiger partial charge is 0.407 e. The van der Waals surface area contributed by atoms with Crippen LogP contribution < -0.4 is 5.32 Å². The van der Waals surface area contributed by atoms with Crippen LogP contribution in [0.25, 0.3) is 0 Å². The molecule has 1 saturated heterocycles. The van der Waals surface area contributed by atoms with E-state index in [2.05, 4.69) is 27.3 Å². The molecule has 2 heterocycles. The third kappa shape index (κ3) is 4.22. The maximum absolute atomic E-state index is 12.0. The van der Waals surface area contributed by atoms with Gasteiger partial charge in [-0.1, -0.05) is 0 Å². The van der Waals surface area contributed by atoms with Crippen molar-refractivity contribution in [3.05, 3.63) is 30.1 Å². The van der Waals surface area contributed by atoms with Crippen LogP contribution in [-0.4, -0.2) is 40.7 Å². The summed E-state index contributed by atoms with van der Waals surface area (Å²) in [4.78, 5) is 18.6. The van der Waals surface area contributed by atoms with Gasteiger partial charge in [0.25, 0.3) is 0 Å². The molecule has 0 spiro atoms. The van der Waals surface area contributed by atoms with Crippen molar-refractivity contribution in [3.63, 3.8) is 0 Å². The molecule has 1 aromatic rings. The molecular weight excluding hydrogens is 290 g/mol. The Hall–Kier alpha value is -1.62. The summed E-state index contributed by atoms with van der Waals surface area (Å²) in [5, 5.41) is 3.09. The van der Waals surface area contributed by atoms with Crippen molar-refractivity contribution in [1.82, 2.24) is 15.2 Å². The van der Waals surface area contributed by atoms with Gasteiger partial charge in [-0.2, -0.15) is 0 Å². The molecule has 3 rings (SSSR count). The fourth-order valence-electron chi connectivity index (χ4n) is 3.87. The molecule has 0 aromatic carbocycles. The molecular formula is C18H27N3O2. The van der Waals surface area contributed by atoms with Gasteiger partial charge in [0, 0.05) is 38.1 Å². The van der Waals surface area contributed by atoms with Crippen molar-refractivity contribution in [1.29, 1.82) is 0 Å². The molecule has 0 radical (unpaired) electrons. The fraction of sp³-hybridized carbons (Fsp3) is 0.667. The van der Waals surface area contributed by atoms with E-state index < -0.39 is 5.60 Å². The molecule has 1 aliphatic heterocycles. The average Bonchev–Trinajstić information content (AvgIpc) is 3.00. The molecule has 0 bridgehead atoms. The summed E-state index contributed by atoms with van der Waals surface area (Å²) in [6, 6.07) is 4.40. The molecule has 3 atom stereocenters. The number of carbonyl (C=O) groups excluding carboxylic acids is 1. The lowest BCUT2D eigenvalue weighted by Gasteiger charge is -2.25. The normalized spacial score (nSPS) is 27.7. The maximum atomic E-state index is 12.0. The predicted molar refractivity (Wildman–Crippen MR) is 88.9 cm³/mol. The topological polar surface area (TPSA) is 54.5 Å². The molecule has 126 valence electrons. The van der Waals surface area contributed by atoms with E-state index >= 15 is 0 Å². The van der Waals surface area contributed by atoms with Crippen LogP contribution in [0, 0.1) is 11.8 Å². The van der Waals surface area contributed by atoms with Gasteiger partial charge in [-0.05, 0) is 63.1 Å². The van der Waals surface area contributed by atoms with E-state index in [-0.39, 0.29) is 12.1 Å². The first-order valence-electron chi connectivity index (χ1n) is 8.51. The summed E-state index contributed by atoms with van der Waals surface area (Å²) in [6.45, 7) is 8.84. The number of alkyl carbamates (subject to hydrolysis) is 1. The second kappa shape index (κ2) is 6.48. The van der Waals surface area contributed by atoms with E-state index in [0.717, 1.165) is 26.1 Å². The summed E-state index contributed by atoms with van der Waals surface area (Å²) < 4.78 is 5.40. The van der Waals surface area contributed by atoms with Gasteiger partial charge in [0.2, 0.25) is 0 Å². The third-order valence-corrected chi connectivity index (χ3v) is 4.79. The molecule has 23 heavy (non-hydrogen) atoms. The van der Waals surface area contributed by atoms with Crippen LogP contribution in [0.4, 0.5) is 4.79 Å². The molecule has 1 amide bonds. The van der Waals surface area contributed by atoms with E-state index in [1.165, 1.54) is 12.0 Å². The number of nitrogens with one attached hydrogen (secondary N) is 1. The van der Waals surface area contributed by atoms with E-state index in [1.54, 1.807) is 0 Å². The van der Waals surface area contributed by atoms with Crippen molar-refractivity contribution in [2.75, 3.05) is 13.1 Å². The van der Waals surface area contributed by atoms with Crippen molar-refractivity contribution in [2.24, 2.45) is 11.8 Å². The average molecular weight is 317 g/mol. The van der Waals surface area contributed by atoms with Crippen molar-refractivity contribution >= 4 is 6.09 Å². The number of hydrogen-bond donors (Lipinski definition) is 1. The quantitative estimate of drug-likeness (QED) is 0.931. The Bertz CT molecular complexity index is 541. The van der Waals surface area contributed by atoms with Gasteiger partial charge in [0.05, 0.1) is 0 Å². The number of ether oxygens (including phenoxy) is 1. The zero-order valence-electron chi connectivity index (χ0n) is 14.3. The van der Waals surface area contributed by atoms with Gasteiger partial charge < -0.3 is 10.1 Å². The standard InChI is InChI=1S/C18H27N3O2/c1-18(2,3)23-17(22)20-16-5-4-14-11-21(12-15(14)16)10-13-6-8-19-9-7-13/h6-9,14-16H,4-5,10-12H2,1-3H3,(H,20,22)/t14-,15-,16+/m0/s1. The minimum Gasteiger partial charge on any atom is -0.444 e. The molecule has 2 aliphatic rings. The summed E-state index contributed by atoms with van der Waals surface area (Å²) in [6.07, 6.45) is 5.67. The van der Waals surface area contributed by atoms with Gasteiger partial charge in [-0.3, -0.25) is 9.88 Å².